The van der Waals surface area contributed by atoms with Crippen LogP contribution in [0.4, 0.5) is 0 Å². The predicted molar refractivity (Wildman–Crippen MR) is 83.2 cm³/mol. The van der Waals surface area contributed by atoms with E-state index in [9.17, 15) is 0 Å². The van der Waals surface area contributed by atoms with Gasteiger partial charge in [-0.1, -0.05) is 6.42 Å². The first-order chi connectivity index (χ1) is 9.56. The van der Waals surface area contributed by atoms with E-state index in [2.05, 4.69) is 38.0 Å². The molecule has 0 radical (unpaired) electrons. The van der Waals surface area contributed by atoms with Crippen LogP contribution < -0.4 is 5.32 Å². The van der Waals surface area contributed by atoms with E-state index in [1.165, 1.54) is 41.3 Å². The first-order valence-corrected chi connectivity index (χ1v) is 8.70. The van der Waals surface area contributed by atoms with Crippen molar-refractivity contribution in [3.8, 4) is 0 Å². The van der Waals surface area contributed by atoms with Crippen molar-refractivity contribution in [1.82, 2.24) is 10.3 Å². The van der Waals surface area contributed by atoms with Crippen LogP contribution >= 0.6 is 11.3 Å². The van der Waals surface area contributed by atoms with Crippen LogP contribution in [-0.2, 0) is 4.74 Å². The van der Waals surface area contributed by atoms with Crippen LogP contribution in [0.2, 0.25) is 0 Å². The molecular formula is C16H26N2OS. The molecule has 0 saturated heterocycles. The molecule has 1 N–H and O–H groups in total. The van der Waals surface area contributed by atoms with Crippen LogP contribution in [0.3, 0.4) is 0 Å². The molecule has 20 heavy (non-hydrogen) atoms. The second-order valence-electron chi connectivity index (χ2n) is 6.39. The summed E-state index contributed by atoms with van der Waals surface area (Å²) in [5.41, 5.74) is 1.63. The summed E-state index contributed by atoms with van der Waals surface area (Å²) >= 11 is 1.83. The van der Waals surface area contributed by atoms with Crippen LogP contribution in [0.15, 0.2) is 0 Å². The van der Waals surface area contributed by atoms with Crippen molar-refractivity contribution in [3.63, 3.8) is 0 Å². The Kier molecular flexibility index (Phi) is 3.91. The van der Waals surface area contributed by atoms with Gasteiger partial charge in [0, 0.05) is 29.0 Å². The fraction of sp³-hybridized carbons (Fsp3) is 0.812. The van der Waals surface area contributed by atoms with E-state index >= 15 is 0 Å². The minimum absolute atomic E-state index is 0.409. The topological polar surface area (TPSA) is 34.1 Å². The first-order valence-electron chi connectivity index (χ1n) is 7.88. The monoisotopic (exact) mass is 294 g/mol. The number of thiazole rings is 1. The molecule has 2 aliphatic rings. The number of nitrogens with zero attached hydrogens (tertiary/aromatic N) is 1. The van der Waals surface area contributed by atoms with Gasteiger partial charge in [0.05, 0.1) is 16.8 Å². The number of nitrogens with one attached hydrogen (secondary N) is 1. The highest BCUT2D eigenvalue weighted by Gasteiger charge is 2.58. The molecule has 0 aliphatic heterocycles. The average molecular weight is 294 g/mol. The van der Waals surface area contributed by atoms with E-state index in [0.29, 0.717) is 23.6 Å². The molecule has 2 saturated carbocycles. The first kappa shape index (κ1) is 14.5. The molecule has 3 nitrogen and oxygen atoms in total. The van der Waals surface area contributed by atoms with Crippen molar-refractivity contribution in [2.75, 3.05) is 6.61 Å². The maximum atomic E-state index is 5.93. The third kappa shape index (κ3) is 2.22. The van der Waals surface area contributed by atoms with Gasteiger partial charge in [0.2, 0.25) is 0 Å². The fourth-order valence-electron chi connectivity index (χ4n) is 4.00. The highest BCUT2D eigenvalue weighted by molar-refractivity contribution is 7.11. The van der Waals surface area contributed by atoms with E-state index in [-0.39, 0.29) is 0 Å². The zero-order chi connectivity index (χ0) is 14.3. The maximum Gasteiger partial charge on any atom is 0.0900 e. The molecule has 112 valence electrons. The standard InChI is InChI=1S/C16H26N2OS/c1-5-19-14-9-13(16(14)7-6-8-16)18-11(3)15-10(2)17-12(4)20-15/h11,13-14,18H,5-9H2,1-4H3. The van der Waals surface area contributed by atoms with E-state index in [0.717, 1.165) is 6.61 Å². The third-order valence-corrected chi connectivity index (χ3v) is 6.48. The van der Waals surface area contributed by atoms with E-state index in [1.807, 2.05) is 11.3 Å². The summed E-state index contributed by atoms with van der Waals surface area (Å²) in [5.74, 6) is 0. The molecule has 1 spiro atoms. The molecule has 0 bridgehead atoms. The van der Waals surface area contributed by atoms with Crippen molar-refractivity contribution in [2.24, 2.45) is 5.41 Å². The Bertz CT molecular complexity index is 481. The minimum atomic E-state index is 0.409. The van der Waals surface area contributed by atoms with Gasteiger partial charge in [0.15, 0.2) is 0 Å². The lowest BCUT2D eigenvalue weighted by molar-refractivity contribution is -0.174. The SMILES string of the molecule is CCOC1CC(NC(C)c2sc(C)nc2C)C12CCC2. The number of aromatic nitrogens is 1. The minimum Gasteiger partial charge on any atom is -0.378 e. The summed E-state index contributed by atoms with van der Waals surface area (Å²) in [6.07, 6.45) is 5.71. The summed E-state index contributed by atoms with van der Waals surface area (Å²) in [4.78, 5) is 5.95. The van der Waals surface area contributed by atoms with Crippen LogP contribution in [-0.4, -0.2) is 23.7 Å². The average Bonchev–Trinajstić information content (AvgIpc) is 2.64. The number of ether oxygens (including phenoxy) is 1. The van der Waals surface area contributed by atoms with Crippen LogP contribution in [0, 0.1) is 19.3 Å². The normalized spacial score (nSPS) is 29.0. The zero-order valence-electron chi connectivity index (χ0n) is 13.0. The van der Waals surface area contributed by atoms with Gasteiger partial charge in [-0.15, -0.1) is 11.3 Å². The van der Waals surface area contributed by atoms with E-state index in [1.54, 1.807) is 0 Å². The summed E-state index contributed by atoms with van der Waals surface area (Å²) in [6, 6.07) is 1.04. The summed E-state index contributed by atoms with van der Waals surface area (Å²) < 4.78 is 5.93. The Hall–Kier alpha value is -0.450. The Morgan fingerprint density at radius 2 is 2.20 bits per heavy atom. The lowest BCUT2D eigenvalue weighted by Gasteiger charge is -2.61. The van der Waals surface area contributed by atoms with Crippen molar-refractivity contribution >= 4 is 11.3 Å². The van der Waals surface area contributed by atoms with Gasteiger partial charge >= 0.3 is 0 Å². The molecule has 1 aromatic rings. The van der Waals surface area contributed by atoms with Crippen molar-refractivity contribution in [1.29, 1.82) is 0 Å². The molecule has 3 rings (SSSR count). The Balaban J connectivity index is 1.65. The highest BCUT2D eigenvalue weighted by atomic mass is 32.1. The summed E-state index contributed by atoms with van der Waals surface area (Å²) in [6.45, 7) is 9.46. The van der Waals surface area contributed by atoms with Gasteiger partial charge in [0.25, 0.3) is 0 Å². The molecule has 1 heterocycles. The summed E-state index contributed by atoms with van der Waals surface area (Å²) in [7, 11) is 0. The number of aryl methyl sites for hydroxylation is 2. The van der Waals surface area contributed by atoms with E-state index < -0.39 is 0 Å². The number of hydrogen-bond donors (Lipinski definition) is 1. The van der Waals surface area contributed by atoms with Gasteiger partial charge < -0.3 is 10.1 Å². The Morgan fingerprint density at radius 1 is 1.45 bits per heavy atom. The lowest BCUT2D eigenvalue weighted by atomic mass is 9.51. The van der Waals surface area contributed by atoms with Crippen molar-refractivity contribution in [2.45, 2.75) is 71.6 Å². The Labute approximate surface area is 126 Å². The molecular weight excluding hydrogens is 268 g/mol. The highest BCUT2D eigenvalue weighted by Crippen LogP contribution is 2.57. The van der Waals surface area contributed by atoms with Gasteiger partial charge in [-0.05, 0) is 47.0 Å². The molecule has 1 aromatic heterocycles. The largest absolute Gasteiger partial charge is 0.378 e. The molecule has 3 atom stereocenters. The van der Waals surface area contributed by atoms with E-state index in [4.69, 9.17) is 4.74 Å². The molecule has 2 fully saturated rings. The predicted octanol–water partition coefficient (Wildman–Crippen LogP) is 3.76. The number of hydrogen-bond acceptors (Lipinski definition) is 4. The Morgan fingerprint density at radius 3 is 2.70 bits per heavy atom. The molecule has 4 heteroatoms. The van der Waals surface area contributed by atoms with Crippen molar-refractivity contribution < 1.29 is 4.74 Å². The van der Waals surface area contributed by atoms with Gasteiger partial charge in [-0.2, -0.15) is 0 Å². The maximum absolute atomic E-state index is 5.93. The number of rotatable bonds is 5. The molecule has 2 aliphatic carbocycles. The molecule has 0 amide bonds. The second-order valence-corrected chi connectivity index (χ2v) is 7.62. The fourth-order valence-corrected chi connectivity index (χ4v) is 4.94. The molecule has 3 unspecified atom stereocenters. The molecule has 0 aromatic carbocycles. The van der Waals surface area contributed by atoms with Gasteiger partial charge in [-0.3, -0.25) is 0 Å². The summed E-state index contributed by atoms with van der Waals surface area (Å²) in [5, 5.41) is 5.03. The van der Waals surface area contributed by atoms with Crippen LogP contribution in [0.5, 0.6) is 0 Å². The quantitative estimate of drug-likeness (QED) is 0.898. The third-order valence-electron chi connectivity index (χ3n) is 5.22. The smallest absolute Gasteiger partial charge is 0.0900 e. The van der Waals surface area contributed by atoms with Gasteiger partial charge in [-0.25, -0.2) is 4.98 Å². The zero-order valence-corrected chi connectivity index (χ0v) is 13.8. The van der Waals surface area contributed by atoms with Crippen molar-refractivity contribution in [3.05, 3.63) is 15.6 Å². The second kappa shape index (κ2) is 5.39. The van der Waals surface area contributed by atoms with Gasteiger partial charge in [0.1, 0.15) is 0 Å². The lowest BCUT2D eigenvalue weighted by Crippen LogP contribution is -2.67. The van der Waals surface area contributed by atoms with Crippen LogP contribution in [0.1, 0.15) is 61.2 Å². The van der Waals surface area contributed by atoms with Crippen LogP contribution in [0.25, 0.3) is 0 Å².